The molecule has 5 nitrogen and oxygen atoms in total. The van der Waals surface area contributed by atoms with Gasteiger partial charge in [0.15, 0.2) is 0 Å². The summed E-state index contributed by atoms with van der Waals surface area (Å²) in [7, 11) is -3.67. The van der Waals surface area contributed by atoms with Crippen molar-refractivity contribution in [3.63, 3.8) is 0 Å². The minimum absolute atomic E-state index is 0.118. The second-order valence-electron chi connectivity index (χ2n) is 5.89. The van der Waals surface area contributed by atoms with E-state index in [-0.39, 0.29) is 10.8 Å². The number of hydrogen-bond acceptors (Lipinski definition) is 3. The summed E-state index contributed by atoms with van der Waals surface area (Å²) in [5.74, 6) is 0.269. The van der Waals surface area contributed by atoms with E-state index in [0.717, 1.165) is 12.8 Å². The van der Waals surface area contributed by atoms with Crippen LogP contribution in [0.3, 0.4) is 0 Å². The quantitative estimate of drug-likeness (QED) is 0.754. The third-order valence-electron chi connectivity index (χ3n) is 4.16. The number of anilines is 1. The lowest BCUT2D eigenvalue weighted by Crippen LogP contribution is -2.28. The zero-order chi connectivity index (χ0) is 18.3. The molecule has 0 unspecified atom stereocenters. The van der Waals surface area contributed by atoms with Gasteiger partial charge in [0.25, 0.3) is 15.9 Å². The first-order valence-electron chi connectivity index (χ1n) is 8.42. The SMILES string of the molecule is CCC(CC)CNC(=O)c1ccc(S(=O)(=O)Nc2ccccc2)cc1. The summed E-state index contributed by atoms with van der Waals surface area (Å²) in [6.07, 6.45) is 2.03. The standard InChI is InChI=1S/C19H24N2O3S/c1-3-15(4-2)14-20-19(22)16-10-12-18(13-11-16)25(23,24)21-17-8-6-5-7-9-17/h5-13,15,21H,3-4,14H2,1-2H3,(H,20,22). The van der Waals surface area contributed by atoms with Crippen molar-refractivity contribution in [2.45, 2.75) is 31.6 Å². The first-order valence-corrected chi connectivity index (χ1v) is 9.90. The molecular weight excluding hydrogens is 336 g/mol. The Hall–Kier alpha value is -2.34. The number of nitrogens with one attached hydrogen (secondary N) is 2. The molecule has 0 aliphatic rings. The van der Waals surface area contributed by atoms with Crippen LogP contribution in [-0.4, -0.2) is 20.9 Å². The van der Waals surface area contributed by atoms with Crippen LogP contribution in [0.25, 0.3) is 0 Å². The second kappa shape index (κ2) is 8.67. The molecule has 0 aliphatic carbocycles. The minimum atomic E-state index is -3.67. The Kier molecular flexibility index (Phi) is 6.58. The van der Waals surface area contributed by atoms with Crippen LogP contribution in [0, 0.1) is 5.92 Å². The highest BCUT2D eigenvalue weighted by Gasteiger charge is 2.15. The van der Waals surface area contributed by atoms with Crippen molar-refractivity contribution in [3.05, 3.63) is 60.2 Å². The first kappa shape index (κ1) is 19.0. The average molecular weight is 360 g/mol. The van der Waals surface area contributed by atoms with Gasteiger partial charge in [-0.05, 0) is 42.3 Å². The van der Waals surface area contributed by atoms with Crippen molar-refractivity contribution in [1.29, 1.82) is 0 Å². The van der Waals surface area contributed by atoms with Gasteiger partial charge in [-0.15, -0.1) is 0 Å². The summed E-state index contributed by atoms with van der Waals surface area (Å²) in [5, 5.41) is 2.89. The van der Waals surface area contributed by atoms with E-state index in [1.807, 2.05) is 6.07 Å². The van der Waals surface area contributed by atoms with E-state index in [9.17, 15) is 13.2 Å². The van der Waals surface area contributed by atoms with Crippen LogP contribution in [-0.2, 0) is 10.0 Å². The molecule has 0 spiro atoms. The van der Waals surface area contributed by atoms with E-state index in [1.165, 1.54) is 24.3 Å². The molecular formula is C19H24N2O3S. The van der Waals surface area contributed by atoms with E-state index in [0.29, 0.717) is 23.7 Å². The maximum Gasteiger partial charge on any atom is 0.261 e. The van der Waals surface area contributed by atoms with Gasteiger partial charge in [0.2, 0.25) is 0 Å². The van der Waals surface area contributed by atoms with Gasteiger partial charge in [-0.25, -0.2) is 8.42 Å². The third-order valence-corrected chi connectivity index (χ3v) is 5.56. The van der Waals surface area contributed by atoms with Crippen molar-refractivity contribution < 1.29 is 13.2 Å². The molecule has 2 aromatic carbocycles. The molecule has 0 aliphatic heterocycles. The van der Waals surface area contributed by atoms with E-state index in [1.54, 1.807) is 24.3 Å². The predicted octanol–water partition coefficient (Wildman–Crippen LogP) is 3.65. The van der Waals surface area contributed by atoms with Crippen LogP contribution in [0.5, 0.6) is 0 Å². The maximum absolute atomic E-state index is 12.4. The van der Waals surface area contributed by atoms with E-state index in [4.69, 9.17) is 0 Å². The predicted molar refractivity (Wildman–Crippen MR) is 100 cm³/mol. The molecule has 0 saturated carbocycles. The number of carbonyl (C=O) groups is 1. The summed E-state index contributed by atoms with van der Waals surface area (Å²) in [4.78, 5) is 12.3. The highest BCUT2D eigenvalue weighted by molar-refractivity contribution is 7.92. The minimum Gasteiger partial charge on any atom is -0.352 e. The molecule has 6 heteroatoms. The van der Waals surface area contributed by atoms with E-state index < -0.39 is 10.0 Å². The number of benzene rings is 2. The van der Waals surface area contributed by atoms with Crippen molar-refractivity contribution >= 4 is 21.6 Å². The van der Waals surface area contributed by atoms with Gasteiger partial charge in [0, 0.05) is 17.8 Å². The molecule has 0 bridgehead atoms. The zero-order valence-electron chi connectivity index (χ0n) is 14.5. The first-order chi connectivity index (χ1) is 12.0. The van der Waals surface area contributed by atoms with Crippen LogP contribution in [0.1, 0.15) is 37.0 Å². The van der Waals surface area contributed by atoms with Crippen LogP contribution >= 0.6 is 0 Å². The molecule has 2 aromatic rings. The maximum atomic E-state index is 12.4. The average Bonchev–Trinajstić information content (AvgIpc) is 2.63. The Morgan fingerprint density at radius 2 is 1.56 bits per heavy atom. The van der Waals surface area contributed by atoms with Gasteiger partial charge in [-0.2, -0.15) is 0 Å². The lowest BCUT2D eigenvalue weighted by molar-refractivity contribution is 0.0946. The number of amides is 1. The number of hydrogen-bond donors (Lipinski definition) is 2. The molecule has 2 rings (SSSR count). The van der Waals surface area contributed by atoms with Gasteiger partial charge < -0.3 is 5.32 Å². The van der Waals surface area contributed by atoms with Gasteiger partial charge in [-0.1, -0.05) is 44.9 Å². The molecule has 0 aromatic heterocycles. The number of sulfonamides is 1. The Morgan fingerprint density at radius 3 is 2.12 bits per heavy atom. The molecule has 25 heavy (non-hydrogen) atoms. The molecule has 0 atom stereocenters. The Labute approximate surface area is 149 Å². The molecule has 1 amide bonds. The molecule has 0 fully saturated rings. The zero-order valence-corrected chi connectivity index (χ0v) is 15.3. The van der Waals surface area contributed by atoms with Crippen LogP contribution in [0.4, 0.5) is 5.69 Å². The van der Waals surface area contributed by atoms with Crippen LogP contribution < -0.4 is 10.0 Å². The summed E-state index contributed by atoms with van der Waals surface area (Å²) in [6.45, 7) is 4.82. The van der Waals surface area contributed by atoms with E-state index in [2.05, 4.69) is 23.9 Å². The fraction of sp³-hybridized carbons (Fsp3) is 0.316. The smallest absolute Gasteiger partial charge is 0.261 e. The molecule has 134 valence electrons. The van der Waals surface area contributed by atoms with Crippen molar-refractivity contribution in [2.75, 3.05) is 11.3 Å². The Balaban J connectivity index is 2.04. The number of rotatable bonds is 8. The number of para-hydroxylation sites is 1. The normalized spacial score (nSPS) is 11.3. The largest absolute Gasteiger partial charge is 0.352 e. The van der Waals surface area contributed by atoms with Crippen molar-refractivity contribution in [1.82, 2.24) is 5.32 Å². The second-order valence-corrected chi connectivity index (χ2v) is 7.57. The summed E-state index contributed by atoms with van der Waals surface area (Å²) in [6, 6.07) is 14.6. The Morgan fingerprint density at radius 1 is 0.960 bits per heavy atom. The fourth-order valence-electron chi connectivity index (χ4n) is 2.42. The van der Waals surface area contributed by atoms with Gasteiger partial charge in [0.05, 0.1) is 4.90 Å². The molecule has 0 heterocycles. The van der Waals surface area contributed by atoms with Crippen LogP contribution in [0.15, 0.2) is 59.5 Å². The highest BCUT2D eigenvalue weighted by Crippen LogP contribution is 2.16. The van der Waals surface area contributed by atoms with E-state index >= 15 is 0 Å². The molecule has 0 saturated heterocycles. The Bertz CT molecular complexity index is 783. The van der Waals surface area contributed by atoms with Crippen molar-refractivity contribution in [2.24, 2.45) is 5.92 Å². The highest BCUT2D eigenvalue weighted by atomic mass is 32.2. The van der Waals surface area contributed by atoms with Gasteiger partial charge in [-0.3, -0.25) is 9.52 Å². The summed E-state index contributed by atoms with van der Waals surface area (Å²) >= 11 is 0. The van der Waals surface area contributed by atoms with Gasteiger partial charge >= 0.3 is 0 Å². The topological polar surface area (TPSA) is 75.3 Å². The third kappa shape index (κ3) is 5.32. The summed E-state index contributed by atoms with van der Waals surface area (Å²) in [5.41, 5.74) is 0.944. The lowest BCUT2D eigenvalue weighted by Gasteiger charge is -2.13. The fourth-order valence-corrected chi connectivity index (χ4v) is 3.48. The summed E-state index contributed by atoms with van der Waals surface area (Å²) < 4.78 is 27.2. The molecule has 2 N–H and O–H groups in total. The van der Waals surface area contributed by atoms with Crippen LogP contribution in [0.2, 0.25) is 0 Å². The van der Waals surface area contributed by atoms with Crippen molar-refractivity contribution in [3.8, 4) is 0 Å². The van der Waals surface area contributed by atoms with Gasteiger partial charge in [0.1, 0.15) is 0 Å². The number of carbonyl (C=O) groups excluding carboxylic acids is 1. The lowest BCUT2D eigenvalue weighted by atomic mass is 10.0. The monoisotopic (exact) mass is 360 g/mol. The molecule has 0 radical (unpaired) electrons.